The third kappa shape index (κ3) is 1.79. The SMILES string of the molecule is CC1CN(c2ccc(C(N)=P)cn2)C1. The number of aromatic nitrogens is 1. The lowest BCUT2D eigenvalue weighted by Crippen LogP contribution is -2.45. The molecular weight excluding hydrogens is 193 g/mol. The summed E-state index contributed by atoms with van der Waals surface area (Å²) >= 11 is 0. The summed E-state index contributed by atoms with van der Waals surface area (Å²) in [4.78, 5) is 6.61. The van der Waals surface area contributed by atoms with Crippen molar-refractivity contribution in [3.05, 3.63) is 23.9 Å². The topological polar surface area (TPSA) is 42.1 Å². The molecule has 1 fully saturated rings. The third-order valence-corrected chi connectivity index (χ3v) is 2.74. The molecule has 0 bridgehead atoms. The van der Waals surface area contributed by atoms with Gasteiger partial charge in [0, 0.05) is 30.3 Å². The van der Waals surface area contributed by atoms with Crippen LogP contribution in [0.25, 0.3) is 0 Å². The number of hydrogen-bond acceptors (Lipinski definition) is 2. The van der Waals surface area contributed by atoms with E-state index in [4.69, 9.17) is 5.73 Å². The zero-order valence-electron chi connectivity index (χ0n) is 8.20. The van der Waals surface area contributed by atoms with Crippen molar-refractivity contribution in [2.24, 2.45) is 11.7 Å². The van der Waals surface area contributed by atoms with Crippen molar-refractivity contribution in [1.82, 2.24) is 4.98 Å². The molecule has 1 aliphatic heterocycles. The van der Waals surface area contributed by atoms with E-state index < -0.39 is 0 Å². The number of rotatable bonds is 2. The third-order valence-electron chi connectivity index (χ3n) is 2.45. The van der Waals surface area contributed by atoms with Crippen LogP contribution in [0, 0.1) is 5.92 Å². The molecule has 0 saturated carbocycles. The summed E-state index contributed by atoms with van der Waals surface area (Å²) in [5, 5.41) is 0. The maximum absolute atomic E-state index is 5.59. The highest BCUT2D eigenvalue weighted by Gasteiger charge is 2.23. The smallest absolute Gasteiger partial charge is 0.128 e. The molecule has 0 aliphatic carbocycles. The van der Waals surface area contributed by atoms with Gasteiger partial charge in [-0.3, -0.25) is 5.73 Å². The predicted octanol–water partition coefficient (Wildman–Crippen LogP) is 1.12. The van der Waals surface area contributed by atoms with E-state index in [9.17, 15) is 0 Å². The second-order valence-corrected chi connectivity index (χ2v) is 4.37. The molecule has 0 radical (unpaired) electrons. The molecular formula is C10H14N3P. The fourth-order valence-corrected chi connectivity index (χ4v) is 1.77. The summed E-state index contributed by atoms with van der Waals surface area (Å²) in [6.45, 7) is 4.47. The van der Waals surface area contributed by atoms with Crippen molar-refractivity contribution in [2.75, 3.05) is 18.0 Å². The van der Waals surface area contributed by atoms with Gasteiger partial charge in [0.25, 0.3) is 0 Å². The van der Waals surface area contributed by atoms with Crippen molar-refractivity contribution in [3.8, 4) is 0 Å². The molecule has 14 heavy (non-hydrogen) atoms. The van der Waals surface area contributed by atoms with E-state index in [0.29, 0.717) is 5.42 Å². The van der Waals surface area contributed by atoms with Crippen molar-refractivity contribution in [2.45, 2.75) is 6.92 Å². The van der Waals surface area contributed by atoms with Crippen LogP contribution >= 0.6 is 8.86 Å². The van der Waals surface area contributed by atoms with E-state index in [2.05, 4.69) is 25.7 Å². The highest BCUT2D eigenvalue weighted by molar-refractivity contribution is 7.21. The van der Waals surface area contributed by atoms with Gasteiger partial charge in [-0.1, -0.05) is 6.92 Å². The van der Waals surface area contributed by atoms with Crippen molar-refractivity contribution in [1.29, 1.82) is 0 Å². The Bertz CT molecular complexity index is 341. The van der Waals surface area contributed by atoms with Crippen LogP contribution in [0.5, 0.6) is 0 Å². The van der Waals surface area contributed by atoms with Crippen LogP contribution < -0.4 is 10.6 Å². The zero-order valence-corrected chi connectivity index (χ0v) is 9.20. The first-order valence-corrected chi connectivity index (χ1v) is 5.22. The summed E-state index contributed by atoms with van der Waals surface area (Å²) in [6, 6.07) is 3.99. The summed E-state index contributed by atoms with van der Waals surface area (Å²) < 4.78 is 0. The van der Waals surface area contributed by atoms with Gasteiger partial charge in [0.15, 0.2) is 0 Å². The molecule has 1 aromatic heterocycles. The Morgan fingerprint density at radius 1 is 1.57 bits per heavy atom. The second kappa shape index (κ2) is 3.68. The van der Waals surface area contributed by atoms with Gasteiger partial charge in [-0.05, 0) is 18.1 Å². The maximum Gasteiger partial charge on any atom is 0.128 e. The van der Waals surface area contributed by atoms with E-state index >= 15 is 0 Å². The highest BCUT2D eigenvalue weighted by atomic mass is 31.0. The van der Waals surface area contributed by atoms with Gasteiger partial charge in [0.1, 0.15) is 5.82 Å². The van der Waals surface area contributed by atoms with Crippen LogP contribution in [0.3, 0.4) is 0 Å². The lowest BCUT2D eigenvalue weighted by molar-refractivity contribution is 0.443. The number of nitrogens with zero attached hydrogens (tertiary/aromatic N) is 2. The first-order valence-electron chi connectivity index (χ1n) is 4.72. The lowest BCUT2D eigenvalue weighted by Gasteiger charge is -2.38. The molecule has 1 aromatic rings. The van der Waals surface area contributed by atoms with Gasteiger partial charge in [0.2, 0.25) is 0 Å². The van der Waals surface area contributed by atoms with Gasteiger partial charge in [-0.25, -0.2) is 4.98 Å². The molecule has 0 unspecified atom stereocenters. The summed E-state index contributed by atoms with van der Waals surface area (Å²) in [7, 11) is 3.27. The van der Waals surface area contributed by atoms with Crippen molar-refractivity contribution >= 4 is 20.1 Å². The Kier molecular flexibility index (Phi) is 2.53. The first kappa shape index (κ1) is 9.63. The van der Waals surface area contributed by atoms with Gasteiger partial charge >= 0.3 is 0 Å². The zero-order chi connectivity index (χ0) is 10.1. The summed E-state index contributed by atoms with van der Waals surface area (Å²) in [5.74, 6) is 1.84. The average Bonchev–Trinajstić information content (AvgIpc) is 2.13. The molecule has 0 atom stereocenters. The number of pyridine rings is 1. The molecule has 2 rings (SSSR count). The number of anilines is 1. The molecule has 3 nitrogen and oxygen atoms in total. The van der Waals surface area contributed by atoms with Gasteiger partial charge in [-0.15, -0.1) is 8.86 Å². The largest absolute Gasteiger partial charge is 0.356 e. The molecule has 4 heteroatoms. The fourth-order valence-electron chi connectivity index (χ4n) is 1.62. The minimum absolute atomic E-state index is 0.626. The Labute approximate surface area is 86.2 Å². The summed E-state index contributed by atoms with van der Waals surface area (Å²) in [5.41, 5.74) is 7.14. The normalized spacial score (nSPS) is 16.6. The number of hydrogen-bond donors (Lipinski definition) is 1. The molecule has 1 saturated heterocycles. The van der Waals surface area contributed by atoms with Gasteiger partial charge in [-0.2, -0.15) is 0 Å². The van der Waals surface area contributed by atoms with Gasteiger partial charge < -0.3 is 4.90 Å². The average molecular weight is 207 g/mol. The van der Waals surface area contributed by atoms with E-state index in [-0.39, 0.29) is 0 Å². The minimum atomic E-state index is 0.626. The second-order valence-electron chi connectivity index (χ2n) is 3.83. The molecule has 0 amide bonds. The Balaban J connectivity index is 2.10. The van der Waals surface area contributed by atoms with E-state index in [1.54, 1.807) is 6.20 Å². The highest BCUT2D eigenvalue weighted by Crippen LogP contribution is 2.21. The Morgan fingerprint density at radius 3 is 2.71 bits per heavy atom. The predicted molar refractivity (Wildman–Crippen MR) is 62.2 cm³/mol. The summed E-state index contributed by atoms with van der Waals surface area (Å²) in [6.07, 6.45) is 1.79. The molecule has 2 heterocycles. The van der Waals surface area contributed by atoms with Crippen LogP contribution in [-0.4, -0.2) is 23.5 Å². The van der Waals surface area contributed by atoms with Crippen LogP contribution in [-0.2, 0) is 0 Å². The Morgan fingerprint density at radius 2 is 2.29 bits per heavy atom. The first-order chi connectivity index (χ1) is 6.66. The molecule has 1 aliphatic rings. The van der Waals surface area contributed by atoms with Gasteiger partial charge in [0.05, 0.1) is 0 Å². The molecule has 0 spiro atoms. The van der Waals surface area contributed by atoms with E-state index in [0.717, 1.165) is 30.4 Å². The van der Waals surface area contributed by atoms with Crippen molar-refractivity contribution < 1.29 is 0 Å². The maximum atomic E-state index is 5.59. The van der Waals surface area contributed by atoms with Crippen LogP contribution in [0.2, 0.25) is 0 Å². The van der Waals surface area contributed by atoms with Crippen LogP contribution in [0.4, 0.5) is 5.82 Å². The molecule has 2 N–H and O–H groups in total. The number of nitrogens with two attached hydrogens (primary N) is 1. The fraction of sp³-hybridized carbons (Fsp3) is 0.400. The Hall–Kier alpha value is -0.920. The van der Waals surface area contributed by atoms with E-state index in [1.807, 2.05) is 12.1 Å². The minimum Gasteiger partial charge on any atom is -0.356 e. The quantitative estimate of drug-likeness (QED) is 0.739. The monoisotopic (exact) mass is 207 g/mol. The lowest BCUT2D eigenvalue weighted by atomic mass is 10.0. The van der Waals surface area contributed by atoms with Crippen LogP contribution in [0.15, 0.2) is 18.3 Å². The van der Waals surface area contributed by atoms with Crippen LogP contribution in [0.1, 0.15) is 12.5 Å². The molecule has 0 aromatic carbocycles. The van der Waals surface area contributed by atoms with E-state index in [1.165, 1.54) is 0 Å². The standard InChI is InChI=1S/C10H14N3P/c1-7-5-13(6-7)9-3-2-8(4-12-9)10(11)14/h2-4,7,14H,5-6,11H2,1H3. The molecule has 74 valence electrons. The van der Waals surface area contributed by atoms with Crippen molar-refractivity contribution in [3.63, 3.8) is 0 Å².